The first kappa shape index (κ1) is 32.8. The molecule has 1 saturated carbocycles. The minimum Gasteiger partial charge on any atom is -0.361 e. The Balaban J connectivity index is 1.52. The van der Waals surface area contributed by atoms with E-state index in [-0.39, 0.29) is 18.0 Å². The highest BCUT2D eigenvalue weighted by molar-refractivity contribution is 6.01. The van der Waals surface area contributed by atoms with Crippen LogP contribution < -0.4 is 0 Å². The number of carbonyl (C=O) groups excluding carboxylic acids is 1. The Bertz CT molecular complexity index is 1410. The van der Waals surface area contributed by atoms with Gasteiger partial charge in [-0.05, 0) is 60.8 Å². The van der Waals surface area contributed by atoms with E-state index < -0.39 is 17.1 Å². The zero-order valence-electron chi connectivity index (χ0n) is 27.4. The molecule has 4 nitrogen and oxygen atoms in total. The third-order valence-corrected chi connectivity index (χ3v) is 10.5. The van der Waals surface area contributed by atoms with Gasteiger partial charge in [-0.3, -0.25) is 4.79 Å². The summed E-state index contributed by atoms with van der Waals surface area (Å²) < 4.78 is 19.1. The lowest BCUT2D eigenvalue weighted by Gasteiger charge is -2.46. The number of hydrogen-bond acceptors (Lipinski definition) is 4. The second-order valence-corrected chi connectivity index (χ2v) is 13.1. The number of fused-ring (bicyclic) bond motifs is 1. The Kier molecular flexibility index (Phi) is 10.1. The molecule has 4 heteroatoms. The summed E-state index contributed by atoms with van der Waals surface area (Å²) in [6.45, 7) is 16.1. The first-order valence-corrected chi connectivity index (χ1v) is 16.2. The van der Waals surface area contributed by atoms with Gasteiger partial charge < -0.3 is 14.2 Å². The minimum atomic E-state index is -0.825. The molecule has 0 N–H and O–H groups in total. The Morgan fingerprint density at radius 2 is 1.49 bits per heavy atom. The zero-order chi connectivity index (χ0) is 32.1. The van der Waals surface area contributed by atoms with Crippen LogP contribution in [0.4, 0.5) is 0 Å². The third kappa shape index (κ3) is 6.04. The molecular formula is C41H48O4. The summed E-state index contributed by atoms with van der Waals surface area (Å²) in [6.07, 6.45) is 5.45. The monoisotopic (exact) mass is 604 g/mol. The van der Waals surface area contributed by atoms with Crippen molar-refractivity contribution in [3.63, 3.8) is 0 Å². The van der Waals surface area contributed by atoms with Gasteiger partial charge in [0, 0.05) is 36.5 Å². The number of Topliss-reactive ketones (excluding diaryl/α,β-unsaturated/α-hetero) is 1. The number of ketones is 1. The van der Waals surface area contributed by atoms with Crippen LogP contribution in [0.2, 0.25) is 0 Å². The van der Waals surface area contributed by atoms with E-state index in [0.717, 1.165) is 47.1 Å². The average molecular weight is 605 g/mol. The summed E-state index contributed by atoms with van der Waals surface area (Å²) in [5, 5.41) is 0. The van der Waals surface area contributed by atoms with Crippen LogP contribution in [0.15, 0.2) is 127 Å². The van der Waals surface area contributed by atoms with Crippen LogP contribution in [0.25, 0.3) is 0 Å². The first-order chi connectivity index (χ1) is 21.7. The molecule has 0 heterocycles. The lowest BCUT2D eigenvalue weighted by Crippen LogP contribution is -2.43. The minimum absolute atomic E-state index is 0.119. The lowest BCUT2D eigenvalue weighted by molar-refractivity contribution is -0.115. The second kappa shape index (κ2) is 13.8. The molecule has 0 unspecified atom stereocenters. The van der Waals surface area contributed by atoms with Gasteiger partial charge in [0.2, 0.25) is 0 Å². The number of allylic oxidation sites excluding steroid dienone is 2. The van der Waals surface area contributed by atoms with Gasteiger partial charge in [-0.15, -0.1) is 6.58 Å². The van der Waals surface area contributed by atoms with E-state index in [9.17, 15) is 4.79 Å². The Morgan fingerprint density at radius 1 is 0.956 bits per heavy atom. The van der Waals surface area contributed by atoms with Gasteiger partial charge in [0.05, 0.1) is 6.10 Å². The Hall–Kier alpha value is -3.57. The van der Waals surface area contributed by atoms with E-state index in [1.54, 1.807) is 7.11 Å². The fourth-order valence-electron chi connectivity index (χ4n) is 7.71. The molecular weight excluding hydrogens is 556 g/mol. The predicted octanol–water partition coefficient (Wildman–Crippen LogP) is 9.22. The highest BCUT2D eigenvalue weighted by Crippen LogP contribution is 2.58. The molecule has 3 aromatic carbocycles. The van der Waals surface area contributed by atoms with Gasteiger partial charge in [-0.2, -0.15) is 0 Å². The molecule has 0 amide bonds. The highest BCUT2D eigenvalue weighted by Gasteiger charge is 2.53. The van der Waals surface area contributed by atoms with Crippen molar-refractivity contribution in [1.82, 2.24) is 0 Å². The molecule has 0 radical (unpaired) electrons. The molecule has 2 aliphatic rings. The van der Waals surface area contributed by atoms with E-state index in [1.165, 1.54) is 5.57 Å². The molecule has 2 aliphatic carbocycles. The van der Waals surface area contributed by atoms with Gasteiger partial charge in [0.15, 0.2) is 5.78 Å². The van der Waals surface area contributed by atoms with Crippen LogP contribution in [0.1, 0.15) is 69.6 Å². The van der Waals surface area contributed by atoms with Crippen molar-refractivity contribution < 1.29 is 19.0 Å². The molecule has 1 fully saturated rings. The van der Waals surface area contributed by atoms with Crippen molar-refractivity contribution in [1.29, 1.82) is 0 Å². The fraction of sp³-hybridized carbons (Fsp3) is 0.390. The summed E-state index contributed by atoms with van der Waals surface area (Å²) in [4.78, 5) is 13.3. The molecule has 0 aliphatic heterocycles. The van der Waals surface area contributed by atoms with Crippen LogP contribution in [0.5, 0.6) is 0 Å². The van der Waals surface area contributed by atoms with E-state index >= 15 is 0 Å². The number of rotatable bonds is 14. The van der Waals surface area contributed by atoms with Crippen molar-refractivity contribution in [2.45, 2.75) is 64.6 Å². The quantitative estimate of drug-likeness (QED) is 0.105. The summed E-state index contributed by atoms with van der Waals surface area (Å²) >= 11 is 0. The molecule has 4 atom stereocenters. The zero-order valence-corrected chi connectivity index (χ0v) is 27.4. The van der Waals surface area contributed by atoms with Gasteiger partial charge in [0.25, 0.3) is 0 Å². The summed E-state index contributed by atoms with van der Waals surface area (Å²) in [6, 6.07) is 31.3. The topological polar surface area (TPSA) is 44.8 Å². The smallest absolute Gasteiger partial charge is 0.159 e. The molecule has 0 saturated heterocycles. The van der Waals surface area contributed by atoms with Crippen LogP contribution in [0, 0.1) is 16.7 Å². The SMILES string of the molecule is C=C[C@](C)(CCOC(c1ccccc1)(c1ccccc1)c1ccccc1)[C@@H](OCOC)C(=C)[C@]12CCC(=O)C1=C(C)[C@H](C)CC2. The van der Waals surface area contributed by atoms with Gasteiger partial charge in [-0.1, -0.05) is 123 Å². The second-order valence-electron chi connectivity index (χ2n) is 13.1. The molecule has 3 aromatic rings. The number of methoxy groups -OCH3 is 1. The average Bonchev–Trinajstić information content (AvgIpc) is 3.44. The molecule has 45 heavy (non-hydrogen) atoms. The number of benzene rings is 3. The molecule has 0 bridgehead atoms. The maximum atomic E-state index is 13.3. The van der Waals surface area contributed by atoms with Gasteiger partial charge in [0.1, 0.15) is 12.4 Å². The van der Waals surface area contributed by atoms with Crippen LogP contribution in [0.3, 0.4) is 0 Å². The van der Waals surface area contributed by atoms with Crippen molar-refractivity contribution in [3.8, 4) is 0 Å². The van der Waals surface area contributed by atoms with Crippen molar-refractivity contribution in [3.05, 3.63) is 144 Å². The number of hydrogen-bond donors (Lipinski definition) is 0. The summed E-state index contributed by atoms with van der Waals surface area (Å²) in [5.41, 5.74) is 4.54. The third-order valence-electron chi connectivity index (χ3n) is 10.5. The lowest BCUT2D eigenvalue weighted by atomic mass is 9.61. The Labute approximate surface area is 269 Å². The number of carbonyl (C=O) groups is 1. The highest BCUT2D eigenvalue weighted by atomic mass is 16.7. The fourth-order valence-corrected chi connectivity index (χ4v) is 7.71. The van der Waals surface area contributed by atoms with E-state index in [0.29, 0.717) is 25.4 Å². The van der Waals surface area contributed by atoms with Crippen molar-refractivity contribution in [2.75, 3.05) is 20.5 Å². The van der Waals surface area contributed by atoms with Crippen molar-refractivity contribution >= 4 is 5.78 Å². The molecule has 0 aromatic heterocycles. The normalized spacial score (nSPS) is 22.0. The van der Waals surface area contributed by atoms with Crippen molar-refractivity contribution in [2.24, 2.45) is 16.7 Å². The van der Waals surface area contributed by atoms with Gasteiger partial charge in [-0.25, -0.2) is 0 Å². The standard InChI is InChI=1S/C41H48O4/c1-7-39(5,38(44-29-43-6)32(4)40-25-23-30(2)31(3)37(40)36(42)24-26-40)27-28-45-41(33-17-11-8-12-18-33,34-19-13-9-14-20-34)35-21-15-10-16-22-35/h7-22,30,38H,1,4,23-29H2,2-3,5-6H3/t30-,38+,39-,40+/m1/s1. The Morgan fingerprint density at radius 3 is 1.98 bits per heavy atom. The maximum absolute atomic E-state index is 13.3. The first-order valence-electron chi connectivity index (χ1n) is 16.2. The molecule has 236 valence electrons. The molecule has 5 rings (SSSR count). The largest absolute Gasteiger partial charge is 0.361 e. The van der Waals surface area contributed by atoms with Crippen LogP contribution >= 0.6 is 0 Å². The van der Waals surface area contributed by atoms with Crippen LogP contribution in [-0.4, -0.2) is 32.4 Å². The predicted molar refractivity (Wildman–Crippen MR) is 182 cm³/mol. The molecule has 0 spiro atoms. The maximum Gasteiger partial charge on any atom is 0.159 e. The van der Waals surface area contributed by atoms with E-state index in [4.69, 9.17) is 20.8 Å². The number of ether oxygens (including phenoxy) is 3. The summed E-state index contributed by atoms with van der Waals surface area (Å²) in [5.74, 6) is 0.648. The van der Waals surface area contributed by atoms with Gasteiger partial charge >= 0.3 is 0 Å². The van der Waals surface area contributed by atoms with E-state index in [1.807, 2.05) is 24.3 Å². The van der Waals surface area contributed by atoms with Crippen LogP contribution in [-0.2, 0) is 24.6 Å². The summed E-state index contributed by atoms with van der Waals surface area (Å²) in [7, 11) is 1.64. The van der Waals surface area contributed by atoms with E-state index in [2.05, 4.69) is 100 Å².